The summed E-state index contributed by atoms with van der Waals surface area (Å²) >= 11 is 3.29. The summed E-state index contributed by atoms with van der Waals surface area (Å²) in [6, 6.07) is 17.1. The molecular weight excluding hydrogens is 370 g/mol. The Bertz CT molecular complexity index is 688. The number of ether oxygens (including phenoxy) is 1. The van der Waals surface area contributed by atoms with Crippen LogP contribution in [0.5, 0.6) is 0 Å². The zero-order valence-electron chi connectivity index (χ0n) is 13.5. The third kappa shape index (κ3) is 5.81. The molecule has 0 aliphatic rings. The number of nitrogens with one attached hydrogen (secondary N) is 1. The quantitative estimate of drug-likeness (QED) is 0.733. The lowest BCUT2D eigenvalue weighted by atomic mass is 10.1. The topological polar surface area (TPSA) is 55.4 Å². The highest BCUT2D eigenvalue weighted by molar-refractivity contribution is 9.10. The third-order valence-electron chi connectivity index (χ3n) is 3.54. The van der Waals surface area contributed by atoms with E-state index in [9.17, 15) is 9.59 Å². The van der Waals surface area contributed by atoms with Crippen LogP contribution in [0.1, 0.15) is 29.3 Å². The summed E-state index contributed by atoms with van der Waals surface area (Å²) in [5, 5.41) is 2.84. The van der Waals surface area contributed by atoms with Gasteiger partial charge < -0.3 is 10.1 Å². The van der Waals surface area contributed by atoms with Crippen LogP contribution in [0.3, 0.4) is 0 Å². The van der Waals surface area contributed by atoms with Gasteiger partial charge >= 0.3 is 5.97 Å². The van der Waals surface area contributed by atoms with E-state index in [2.05, 4.69) is 33.4 Å². The number of carbonyl (C=O) groups is 2. The van der Waals surface area contributed by atoms with Crippen molar-refractivity contribution in [1.82, 2.24) is 5.32 Å². The van der Waals surface area contributed by atoms with E-state index in [4.69, 9.17) is 4.74 Å². The molecular formula is C19H20BrNO3. The largest absolute Gasteiger partial charge is 0.452 e. The van der Waals surface area contributed by atoms with Crippen LogP contribution in [-0.4, -0.2) is 24.5 Å². The van der Waals surface area contributed by atoms with Gasteiger partial charge in [0, 0.05) is 10.5 Å². The molecule has 0 aromatic heterocycles. The van der Waals surface area contributed by atoms with Gasteiger partial charge in [-0.15, -0.1) is 0 Å². The minimum absolute atomic E-state index is 0.0138. The van der Waals surface area contributed by atoms with Crippen LogP contribution < -0.4 is 5.32 Å². The fraction of sp³-hybridized carbons (Fsp3) is 0.263. The number of carbonyl (C=O) groups excluding carboxylic acids is 2. The summed E-state index contributed by atoms with van der Waals surface area (Å²) in [7, 11) is 0. The molecule has 0 heterocycles. The van der Waals surface area contributed by atoms with E-state index in [-0.39, 0.29) is 18.6 Å². The van der Waals surface area contributed by atoms with Crippen molar-refractivity contribution in [2.75, 3.05) is 6.61 Å². The zero-order valence-corrected chi connectivity index (χ0v) is 15.1. The molecule has 0 saturated heterocycles. The lowest BCUT2D eigenvalue weighted by molar-refractivity contribution is -0.124. The van der Waals surface area contributed by atoms with Gasteiger partial charge in [0.1, 0.15) is 0 Å². The number of hydrogen-bond acceptors (Lipinski definition) is 3. The number of rotatable bonds is 7. The molecule has 0 aliphatic carbocycles. The van der Waals surface area contributed by atoms with Crippen LogP contribution in [0.25, 0.3) is 0 Å². The van der Waals surface area contributed by atoms with Crippen molar-refractivity contribution in [2.45, 2.75) is 25.8 Å². The number of benzene rings is 2. The molecule has 0 spiro atoms. The van der Waals surface area contributed by atoms with E-state index in [1.54, 1.807) is 18.2 Å². The third-order valence-corrected chi connectivity index (χ3v) is 4.24. The number of hydrogen-bond donors (Lipinski definition) is 1. The molecule has 2 rings (SSSR count). The molecule has 2 aromatic carbocycles. The Morgan fingerprint density at radius 1 is 1.08 bits per heavy atom. The van der Waals surface area contributed by atoms with E-state index in [1.807, 2.05) is 31.2 Å². The van der Waals surface area contributed by atoms with Gasteiger partial charge in [-0.05, 0) is 53.4 Å². The summed E-state index contributed by atoms with van der Waals surface area (Å²) in [5.41, 5.74) is 1.64. The minimum atomic E-state index is -0.519. The molecule has 0 unspecified atom stereocenters. The fourth-order valence-corrected chi connectivity index (χ4v) is 2.70. The fourth-order valence-electron chi connectivity index (χ4n) is 2.25. The Labute approximate surface area is 150 Å². The first-order chi connectivity index (χ1) is 11.6. The molecule has 126 valence electrons. The SMILES string of the molecule is C[C@@H](CCc1ccccc1)NC(=O)COC(=O)c1ccccc1Br. The molecule has 5 heteroatoms. The second-order valence-electron chi connectivity index (χ2n) is 5.55. The molecule has 1 amide bonds. The van der Waals surface area contributed by atoms with Crippen LogP contribution in [0.4, 0.5) is 0 Å². The van der Waals surface area contributed by atoms with E-state index < -0.39 is 5.97 Å². The minimum Gasteiger partial charge on any atom is -0.452 e. The van der Waals surface area contributed by atoms with Crippen LogP contribution in [-0.2, 0) is 16.0 Å². The highest BCUT2D eigenvalue weighted by Crippen LogP contribution is 2.16. The average Bonchev–Trinajstić information content (AvgIpc) is 2.59. The molecule has 0 radical (unpaired) electrons. The lowest BCUT2D eigenvalue weighted by Crippen LogP contribution is -2.36. The van der Waals surface area contributed by atoms with E-state index >= 15 is 0 Å². The second-order valence-corrected chi connectivity index (χ2v) is 6.40. The van der Waals surface area contributed by atoms with Crippen molar-refractivity contribution < 1.29 is 14.3 Å². The van der Waals surface area contributed by atoms with Crippen LogP contribution >= 0.6 is 15.9 Å². The maximum absolute atomic E-state index is 11.9. The Balaban J connectivity index is 1.72. The normalized spacial score (nSPS) is 11.6. The number of aryl methyl sites for hydroxylation is 1. The number of esters is 1. The van der Waals surface area contributed by atoms with Crippen molar-refractivity contribution in [3.63, 3.8) is 0 Å². The summed E-state index contributed by atoms with van der Waals surface area (Å²) in [6.45, 7) is 1.66. The highest BCUT2D eigenvalue weighted by Gasteiger charge is 2.14. The molecule has 0 saturated carbocycles. The molecule has 24 heavy (non-hydrogen) atoms. The summed E-state index contributed by atoms with van der Waals surface area (Å²) in [4.78, 5) is 23.8. The summed E-state index contributed by atoms with van der Waals surface area (Å²) in [6.07, 6.45) is 1.72. The summed E-state index contributed by atoms with van der Waals surface area (Å²) < 4.78 is 5.70. The maximum atomic E-state index is 11.9. The standard InChI is InChI=1S/C19H20BrNO3/c1-14(11-12-15-7-3-2-4-8-15)21-18(22)13-24-19(23)16-9-5-6-10-17(16)20/h2-10,14H,11-13H2,1H3,(H,21,22)/t14-/m0/s1. The van der Waals surface area contributed by atoms with E-state index in [0.717, 1.165) is 12.8 Å². The molecule has 4 nitrogen and oxygen atoms in total. The molecule has 2 aromatic rings. The number of amides is 1. The Morgan fingerprint density at radius 3 is 2.46 bits per heavy atom. The van der Waals surface area contributed by atoms with Gasteiger partial charge in [0.05, 0.1) is 5.56 Å². The monoisotopic (exact) mass is 389 g/mol. The molecule has 1 N–H and O–H groups in total. The van der Waals surface area contributed by atoms with Gasteiger partial charge in [-0.1, -0.05) is 42.5 Å². The van der Waals surface area contributed by atoms with Crippen molar-refractivity contribution in [3.05, 3.63) is 70.2 Å². The first kappa shape index (κ1) is 18.2. The highest BCUT2D eigenvalue weighted by atomic mass is 79.9. The Kier molecular flexibility index (Phi) is 7.00. The molecule has 1 atom stereocenters. The Morgan fingerprint density at radius 2 is 1.75 bits per heavy atom. The predicted molar refractivity (Wildman–Crippen MR) is 96.8 cm³/mol. The van der Waals surface area contributed by atoms with Crippen molar-refractivity contribution in [1.29, 1.82) is 0 Å². The van der Waals surface area contributed by atoms with Crippen molar-refractivity contribution in [3.8, 4) is 0 Å². The van der Waals surface area contributed by atoms with Gasteiger partial charge in [-0.3, -0.25) is 4.79 Å². The first-order valence-electron chi connectivity index (χ1n) is 7.81. The first-order valence-corrected chi connectivity index (χ1v) is 8.60. The van der Waals surface area contributed by atoms with Crippen LogP contribution in [0.15, 0.2) is 59.1 Å². The van der Waals surface area contributed by atoms with Crippen LogP contribution in [0.2, 0.25) is 0 Å². The van der Waals surface area contributed by atoms with Crippen molar-refractivity contribution in [2.24, 2.45) is 0 Å². The average molecular weight is 390 g/mol. The van der Waals surface area contributed by atoms with Gasteiger partial charge in [0.15, 0.2) is 6.61 Å². The summed E-state index contributed by atoms with van der Waals surface area (Å²) in [5.74, 6) is -0.814. The molecule has 0 bridgehead atoms. The van der Waals surface area contributed by atoms with Gasteiger partial charge in [0.2, 0.25) is 0 Å². The number of halogens is 1. The van der Waals surface area contributed by atoms with Gasteiger partial charge in [-0.2, -0.15) is 0 Å². The lowest BCUT2D eigenvalue weighted by Gasteiger charge is -2.14. The second kappa shape index (κ2) is 9.23. The molecule has 0 aliphatic heterocycles. The Hall–Kier alpha value is -2.14. The van der Waals surface area contributed by atoms with Crippen LogP contribution in [0, 0.1) is 0 Å². The van der Waals surface area contributed by atoms with E-state index in [1.165, 1.54) is 5.56 Å². The van der Waals surface area contributed by atoms with Gasteiger partial charge in [0.25, 0.3) is 5.91 Å². The maximum Gasteiger partial charge on any atom is 0.339 e. The van der Waals surface area contributed by atoms with E-state index in [0.29, 0.717) is 10.0 Å². The molecule has 0 fully saturated rings. The smallest absolute Gasteiger partial charge is 0.339 e. The van der Waals surface area contributed by atoms with Crippen molar-refractivity contribution >= 4 is 27.8 Å². The zero-order chi connectivity index (χ0) is 17.4. The van der Waals surface area contributed by atoms with Gasteiger partial charge in [-0.25, -0.2) is 4.79 Å². The predicted octanol–water partition coefficient (Wildman–Crippen LogP) is 3.74.